The molecule has 1 aromatic carbocycles. The maximum Gasteiger partial charge on any atom is 0.416 e. The van der Waals surface area contributed by atoms with E-state index in [0.717, 1.165) is 17.7 Å². The molecule has 0 unspecified atom stereocenters. The topological polar surface area (TPSA) is 48.7 Å². The van der Waals surface area contributed by atoms with Crippen LogP contribution in [0.1, 0.15) is 11.3 Å². The summed E-state index contributed by atoms with van der Waals surface area (Å²) >= 11 is 0. The Labute approximate surface area is 179 Å². The summed E-state index contributed by atoms with van der Waals surface area (Å²) in [5.41, 5.74) is 1.03. The van der Waals surface area contributed by atoms with Crippen LogP contribution in [0.15, 0.2) is 41.5 Å². The Morgan fingerprint density at radius 1 is 1.18 bits per heavy atom. The van der Waals surface area contributed by atoms with Crippen molar-refractivity contribution < 1.29 is 13.2 Å². The summed E-state index contributed by atoms with van der Waals surface area (Å²) in [6.07, 6.45) is -2.58. The minimum atomic E-state index is -4.32. The van der Waals surface area contributed by atoms with Crippen molar-refractivity contribution in [2.75, 3.05) is 38.1 Å². The van der Waals surface area contributed by atoms with Crippen molar-refractivity contribution in [3.05, 3.63) is 47.8 Å². The number of anilines is 1. The third-order valence-corrected chi connectivity index (χ3v) is 4.68. The third kappa shape index (κ3) is 5.30. The first-order valence-corrected chi connectivity index (χ1v) is 8.73. The minimum absolute atomic E-state index is 0. The molecule has 1 N–H and O–H groups in total. The number of aliphatic imine (C=N–C) groups is 1. The van der Waals surface area contributed by atoms with Gasteiger partial charge in [0.2, 0.25) is 0 Å². The normalized spacial score (nSPS) is 15.4. The van der Waals surface area contributed by atoms with Crippen LogP contribution in [0.2, 0.25) is 0 Å². The SMILES string of the molecule is CN=C(NCc1ccnn1C)N1CCN(c2cccc(C(F)(F)F)c2)CC1.I. The summed E-state index contributed by atoms with van der Waals surface area (Å²) in [6.45, 7) is 3.24. The second kappa shape index (κ2) is 9.48. The van der Waals surface area contributed by atoms with Crippen molar-refractivity contribution in [2.24, 2.45) is 12.0 Å². The Bertz CT molecular complexity index is 797. The van der Waals surface area contributed by atoms with Crippen LogP contribution in [0.4, 0.5) is 18.9 Å². The van der Waals surface area contributed by atoms with Gasteiger partial charge in [0, 0.05) is 52.2 Å². The molecule has 0 radical (unpaired) electrons. The van der Waals surface area contributed by atoms with Gasteiger partial charge in [-0.25, -0.2) is 0 Å². The Morgan fingerprint density at radius 2 is 1.89 bits per heavy atom. The molecule has 0 amide bonds. The highest BCUT2D eigenvalue weighted by Gasteiger charge is 2.31. The van der Waals surface area contributed by atoms with Crippen LogP contribution < -0.4 is 10.2 Å². The number of hydrogen-bond acceptors (Lipinski definition) is 3. The Kier molecular flexibility index (Phi) is 7.55. The number of aromatic nitrogens is 2. The lowest BCUT2D eigenvalue weighted by Crippen LogP contribution is -2.52. The molecule has 0 spiro atoms. The van der Waals surface area contributed by atoms with Gasteiger partial charge in [-0.15, -0.1) is 24.0 Å². The molecular weight excluding hydrogens is 484 g/mol. The van der Waals surface area contributed by atoms with E-state index in [4.69, 9.17) is 0 Å². The van der Waals surface area contributed by atoms with Crippen LogP contribution in [0.25, 0.3) is 0 Å². The Morgan fingerprint density at radius 3 is 2.46 bits per heavy atom. The fourth-order valence-corrected chi connectivity index (χ4v) is 3.13. The van der Waals surface area contributed by atoms with E-state index in [1.165, 1.54) is 12.1 Å². The van der Waals surface area contributed by atoms with Crippen molar-refractivity contribution in [3.8, 4) is 0 Å². The number of piperazine rings is 1. The highest BCUT2D eigenvalue weighted by atomic mass is 127. The first-order chi connectivity index (χ1) is 12.9. The molecule has 1 aliphatic rings. The van der Waals surface area contributed by atoms with Crippen molar-refractivity contribution in [3.63, 3.8) is 0 Å². The van der Waals surface area contributed by atoms with Gasteiger partial charge in [-0.05, 0) is 24.3 Å². The van der Waals surface area contributed by atoms with Crippen LogP contribution in [0.3, 0.4) is 0 Å². The monoisotopic (exact) mass is 508 g/mol. The van der Waals surface area contributed by atoms with Gasteiger partial charge in [-0.1, -0.05) is 6.07 Å². The quantitative estimate of drug-likeness (QED) is 0.394. The summed E-state index contributed by atoms with van der Waals surface area (Å²) in [6, 6.07) is 7.43. The van der Waals surface area contributed by atoms with Crippen LogP contribution in [0, 0.1) is 0 Å². The van der Waals surface area contributed by atoms with Crippen LogP contribution in [-0.2, 0) is 19.8 Å². The first kappa shape index (κ1) is 22.3. The van der Waals surface area contributed by atoms with E-state index in [9.17, 15) is 13.2 Å². The predicted octanol–water partition coefficient (Wildman–Crippen LogP) is 2.95. The van der Waals surface area contributed by atoms with E-state index < -0.39 is 11.7 Å². The number of halogens is 4. The summed E-state index contributed by atoms with van der Waals surface area (Å²) in [7, 11) is 3.61. The zero-order valence-corrected chi connectivity index (χ0v) is 18.1. The van der Waals surface area contributed by atoms with Crippen molar-refractivity contribution in [1.82, 2.24) is 20.0 Å². The highest BCUT2D eigenvalue weighted by molar-refractivity contribution is 14.0. The largest absolute Gasteiger partial charge is 0.416 e. The van der Waals surface area contributed by atoms with Crippen LogP contribution in [-0.4, -0.2) is 53.9 Å². The Hall–Kier alpha value is -1.98. The maximum absolute atomic E-state index is 12.9. The second-order valence-electron chi connectivity index (χ2n) is 6.37. The minimum Gasteiger partial charge on any atom is -0.368 e. The predicted molar refractivity (Wildman–Crippen MR) is 114 cm³/mol. The van der Waals surface area contributed by atoms with Gasteiger partial charge in [0.1, 0.15) is 0 Å². The van der Waals surface area contributed by atoms with Crippen molar-refractivity contribution in [2.45, 2.75) is 12.7 Å². The fraction of sp³-hybridized carbons (Fsp3) is 0.444. The number of hydrogen-bond donors (Lipinski definition) is 1. The fourth-order valence-electron chi connectivity index (χ4n) is 3.13. The molecule has 28 heavy (non-hydrogen) atoms. The van der Waals surface area contributed by atoms with E-state index in [1.54, 1.807) is 24.0 Å². The summed E-state index contributed by atoms with van der Waals surface area (Å²) < 4.78 is 40.6. The number of alkyl halides is 3. The Balaban J connectivity index is 0.00000280. The second-order valence-corrected chi connectivity index (χ2v) is 6.37. The van der Waals surface area contributed by atoms with Crippen molar-refractivity contribution in [1.29, 1.82) is 0 Å². The lowest BCUT2D eigenvalue weighted by atomic mass is 10.1. The molecule has 154 valence electrons. The van der Waals surface area contributed by atoms with Gasteiger partial charge in [-0.2, -0.15) is 18.3 Å². The van der Waals surface area contributed by atoms with E-state index in [1.807, 2.05) is 18.0 Å². The van der Waals surface area contributed by atoms with Crippen molar-refractivity contribution >= 4 is 35.6 Å². The molecule has 0 aliphatic carbocycles. The van der Waals surface area contributed by atoms with Gasteiger partial charge >= 0.3 is 6.18 Å². The van der Waals surface area contributed by atoms with Gasteiger partial charge in [0.15, 0.2) is 5.96 Å². The first-order valence-electron chi connectivity index (χ1n) is 8.73. The molecule has 0 atom stereocenters. The molecule has 2 heterocycles. The number of rotatable bonds is 3. The number of nitrogens with zero attached hydrogens (tertiary/aromatic N) is 5. The molecular formula is C18H24F3IN6. The smallest absolute Gasteiger partial charge is 0.368 e. The molecule has 0 bridgehead atoms. The van der Waals surface area contributed by atoms with Gasteiger partial charge in [-0.3, -0.25) is 9.67 Å². The molecule has 1 aromatic heterocycles. The lowest BCUT2D eigenvalue weighted by molar-refractivity contribution is -0.137. The number of aryl methyl sites for hydroxylation is 1. The molecule has 0 saturated carbocycles. The maximum atomic E-state index is 12.9. The van der Waals surface area contributed by atoms with Crippen LogP contribution in [0.5, 0.6) is 0 Å². The summed E-state index contributed by atoms with van der Waals surface area (Å²) in [5.74, 6) is 0.778. The molecule has 1 saturated heterocycles. The van der Waals surface area contributed by atoms with E-state index in [0.29, 0.717) is 38.4 Å². The van der Waals surface area contributed by atoms with E-state index in [2.05, 4.69) is 20.3 Å². The number of guanidine groups is 1. The van der Waals surface area contributed by atoms with E-state index >= 15 is 0 Å². The van der Waals surface area contributed by atoms with Crippen LogP contribution >= 0.6 is 24.0 Å². The lowest BCUT2D eigenvalue weighted by Gasteiger charge is -2.37. The average Bonchev–Trinajstić information content (AvgIpc) is 3.07. The zero-order valence-electron chi connectivity index (χ0n) is 15.8. The van der Waals surface area contributed by atoms with E-state index in [-0.39, 0.29) is 24.0 Å². The standard InChI is InChI=1S/C18H23F3N6.HI/c1-22-17(23-13-16-6-7-24-25(16)2)27-10-8-26(9-11-27)15-5-3-4-14(12-15)18(19,20)21;/h3-7,12H,8-11,13H2,1-2H3,(H,22,23);1H. The molecule has 2 aromatic rings. The highest BCUT2D eigenvalue weighted by Crippen LogP contribution is 2.31. The van der Waals surface area contributed by atoms with Gasteiger partial charge < -0.3 is 15.1 Å². The summed E-state index contributed by atoms with van der Waals surface area (Å²) in [4.78, 5) is 8.40. The van der Waals surface area contributed by atoms with Gasteiger partial charge in [0.05, 0.1) is 17.8 Å². The number of benzene rings is 1. The molecule has 10 heteroatoms. The molecule has 1 aliphatic heterocycles. The summed E-state index contributed by atoms with van der Waals surface area (Å²) in [5, 5.41) is 7.45. The van der Waals surface area contributed by atoms with Gasteiger partial charge in [0.25, 0.3) is 0 Å². The average molecular weight is 508 g/mol. The molecule has 1 fully saturated rings. The molecule has 6 nitrogen and oxygen atoms in total. The number of nitrogens with one attached hydrogen (secondary N) is 1. The zero-order chi connectivity index (χ0) is 19.4. The molecule has 3 rings (SSSR count). The third-order valence-electron chi connectivity index (χ3n) is 4.68.